The topological polar surface area (TPSA) is 62.6 Å². The molecule has 1 aliphatic carbocycles. The third kappa shape index (κ3) is 3.60. The Hall–Kier alpha value is -2.30. The Kier molecular flexibility index (Phi) is 5.19. The molecule has 1 aromatic heterocycles. The number of aryl methyl sites for hydroxylation is 1. The summed E-state index contributed by atoms with van der Waals surface area (Å²) in [5.74, 6) is 0.604. The van der Waals surface area contributed by atoms with E-state index in [2.05, 4.69) is 5.32 Å². The summed E-state index contributed by atoms with van der Waals surface area (Å²) in [5, 5.41) is 4.13. The average Bonchev–Trinajstić information content (AvgIpc) is 3.34. The third-order valence-electron chi connectivity index (χ3n) is 6.20. The van der Waals surface area contributed by atoms with Gasteiger partial charge in [-0.15, -0.1) is 0 Å². The number of nitrogens with zero attached hydrogens (tertiary/aromatic N) is 1. The van der Waals surface area contributed by atoms with Gasteiger partial charge in [-0.25, -0.2) is 0 Å². The first-order valence-electron chi connectivity index (χ1n) is 10.2. The molecule has 0 bridgehead atoms. The monoisotopic (exact) mass is 368 g/mol. The molecular weight excluding hydrogens is 340 g/mol. The summed E-state index contributed by atoms with van der Waals surface area (Å²) in [6.07, 6.45) is 5.86. The maximum atomic E-state index is 12.9. The third-order valence-corrected chi connectivity index (χ3v) is 6.20. The number of hydrogen-bond donors (Lipinski definition) is 1. The second kappa shape index (κ2) is 7.75. The van der Waals surface area contributed by atoms with Crippen molar-refractivity contribution in [1.82, 2.24) is 10.2 Å². The molecule has 2 amide bonds. The summed E-state index contributed by atoms with van der Waals surface area (Å²) < 4.78 is 5.90. The minimum atomic E-state index is -0.212. The van der Waals surface area contributed by atoms with Gasteiger partial charge in [0.2, 0.25) is 11.8 Å². The Labute approximate surface area is 160 Å². The van der Waals surface area contributed by atoms with Crippen LogP contribution in [0.5, 0.6) is 0 Å². The molecule has 2 aliphatic rings. The van der Waals surface area contributed by atoms with Crippen LogP contribution in [0.3, 0.4) is 0 Å². The molecule has 0 spiro atoms. The summed E-state index contributed by atoms with van der Waals surface area (Å²) in [4.78, 5) is 27.8. The molecule has 27 heavy (non-hydrogen) atoms. The lowest BCUT2D eigenvalue weighted by Gasteiger charge is -2.32. The second-order valence-corrected chi connectivity index (χ2v) is 7.89. The molecule has 0 unspecified atom stereocenters. The zero-order chi connectivity index (χ0) is 18.8. The fourth-order valence-corrected chi connectivity index (χ4v) is 4.60. The fraction of sp³-hybridized carbons (Fsp3) is 0.545. The van der Waals surface area contributed by atoms with Crippen LogP contribution in [0, 0.1) is 18.8 Å². The van der Waals surface area contributed by atoms with Crippen LogP contribution in [0.25, 0.3) is 11.0 Å². The molecule has 4 rings (SSSR count). The lowest BCUT2D eigenvalue weighted by molar-refractivity contribution is -0.143. The number of furan rings is 1. The summed E-state index contributed by atoms with van der Waals surface area (Å²) in [5.41, 5.74) is 1.92. The van der Waals surface area contributed by atoms with Crippen molar-refractivity contribution in [1.29, 1.82) is 0 Å². The van der Waals surface area contributed by atoms with E-state index in [1.807, 2.05) is 36.1 Å². The zero-order valence-electron chi connectivity index (χ0n) is 16.0. The quantitative estimate of drug-likeness (QED) is 0.893. The number of likely N-dealkylation sites (tertiary alicyclic amines) is 1. The SMILES string of the molecule is Cc1c(CNC(=O)[C@H]2CCCC[C@H]2C(=O)N2CCCC2)oc2ccccc12. The van der Waals surface area contributed by atoms with Gasteiger partial charge in [-0.1, -0.05) is 31.0 Å². The van der Waals surface area contributed by atoms with E-state index in [9.17, 15) is 9.59 Å². The molecular formula is C22H28N2O3. The second-order valence-electron chi connectivity index (χ2n) is 7.89. The Morgan fingerprint density at radius 2 is 1.78 bits per heavy atom. The first-order chi connectivity index (χ1) is 13.1. The van der Waals surface area contributed by atoms with Gasteiger partial charge in [0.25, 0.3) is 0 Å². The summed E-state index contributed by atoms with van der Waals surface area (Å²) in [6, 6.07) is 7.92. The lowest BCUT2D eigenvalue weighted by atomic mass is 9.78. The van der Waals surface area contributed by atoms with E-state index >= 15 is 0 Å². The average molecular weight is 368 g/mol. The van der Waals surface area contributed by atoms with Crippen molar-refractivity contribution in [2.24, 2.45) is 11.8 Å². The molecule has 1 saturated carbocycles. The number of rotatable bonds is 4. The van der Waals surface area contributed by atoms with Gasteiger partial charge < -0.3 is 14.6 Å². The highest BCUT2D eigenvalue weighted by molar-refractivity contribution is 5.88. The van der Waals surface area contributed by atoms with Crippen LogP contribution >= 0.6 is 0 Å². The molecule has 2 aromatic rings. The molecule has 1 aromatic carbocycles. The summed E-state index contributed by atoms with van der Waals surface area (Å²) in [6.45, 7) is 4.10. The van der Waals surface area contributed by atoms with Crippen LogP contribution in [-0.2, 0) is 16.1 Å². The smallest absolute Gasteiger partial charge is 0.226 e. The maximum absolute atomic E-state index is 12.9. The maximum Gasteiger partial charge on any atom is 0.226 e. The first-order valence-corrected chi connectivity index (χ1v) is 10.2. The Morgan fingerprint density at radius 3 is 2.52 bits per heavy atom. The lowest BCUT2D eigenvalue weighted by Crippen LogP contribution is -2.44. The number of carbonyl (C=O) groups is 2. The van der Waals surface area contributed by atoms with Gasteiger partial charge in [0.15, 0.2) is 0 Å². The predicted molar refractivity (Wildman–Crippen MR) is 104 cm³/mol. The fourth-order valence-electron chi connectivity index (χ4n) is 4.60. The van der Waals surface area contributed by atoms with Crippen LogP contribution in [-0.4, -0.2) is 29.8 Å². The molecule has 2 heterocycles. The normalized spacial score (nSPS) is 22.9. The number of hydrogen-bond acceptors (Lipinski definition) is 3. The molecule has 0 radical (unpaired) electrons. The van der Waals surface area contributed by atoms with Crippen molar-refractivity contribution in [2.45, 2.75) is 52.0 Å². The van der Waals surface area contributed by atoms with Gasteiger partial charge in [-0.05, 0) is 38.7 Å². The van der Waals surface area contributed by atoms with Gasteiger partial charge in [0.1, 0.15) is 11.3 Å². The number of amides is 2. The van der Waals surface area contributed by atoms with E-state index in [0.29, 0.717) is 6.54 Å². The van der Waals surface area contributed by atoms with E-state index < -0.39 is 0 Å². The minimum absolute atomic E-state index is 0.00731. The number of benzene rings is 1. The van der Waals surface area contributed by atoms with E-state index in [0.717, 1.165) is 73.9 Å². The standard InChI is InChI=1S/C22H28N2O3/c1-15-16-8-4-5-11-19(16)27-20(15)14-23-21(25)17-9-2-3-10-18(17)22(26)24-12-6-7-13-24/h4-5,8,11,17-18H,2-3,6-7,9-10,12-14H2,1H3,(H,23,25)/t17-,18+/m0/s1. The summed E-state index contributed by atoms with van der Waals surface area (Å²) in [7, 11) is 0. The molecule has 2 atom stereocenters. The molecule has 1 saturated heterocycles. The van der Waals surface area contributed by atoms with Crippen LogP contribution in [0.15, 0.2) is 28.7 Å². The highest BCUT2D eigenvalue weighted by atomic mass is 16.3. The van der Waals surface area contributed by atoms with Gasteiger partial charge in [-0.2, -0.15) is 0 Å². The van der Waals surface area contributed by atoms with Crippen LogP contribution in [0.2, 0.25) is 0 Å². The highest BCUT2D eigenvalue weighted by Gasteiger charge is 2.38. The molecule has 144 valence electrons. The van der Waals surface area contributed by atoms with Crippen molar-refractivity contribution in [3.8, 4) is 0 Å². The van der Waals surface area contributed by atoms with Crippen LogP contribution in [0.4, 0.5) is 0 Å². The van der Waals surface area contributed by atoms with Crippen molar-refractivity contribution >= 4 is 22.8 Å². The molecule has 2 fully saturated rings. The number of nitrogens with one attached hydrogen (secondary N) is 1. The molecule has 5 heteroatoms. The highest BCUT2D eigenvalue weighted by Crippen LogP contribution is 2.33. The zero-order valence-corrected chi connectivity index (χ0v) is 16.0. The number of para-hydroxylation sites is 1. The Morgan fingerprint density at radius 1 is 1.07 bits per heavy atom. The molecule has 1 N–H and O–H groups in total. The Bertz CT molecular complexity index is 835. The van der Waals surface area contributed by atoms with Crippen molar-refractivity contribution in [3.05, 3.63) is 35.6 Å². The number of fused-ring (bicyclic) bond motifs is 1. The first kappa shape index (κ1) is 18.1. The van der Waals surface area contributed by atoms with Gasteiger partial charge in [-0.3, -0.25) is 9.59 Å². The van der Waals surface area contributed by atoms with E-state index in [1.54, 1.807) is 0 Å². The summed E-state index contributed by atoms with van der Waals surface area (Å²) >= 11 is 0. The predicted octanol–water partition coefficient (Wildman–Crippen LogP) is 3.79. The van der Waals surface area contributed by atoms with E-state index in [-0.39, 0.29) is 23.7 Å². The van der Waals surface area contributed by atoms with Crippen molar-refractivity contribution in [3.63, 3.8) is 0 Å². The largest absolute Gasteiger partial charge is 0.459 e. The molecule has 1 aliphatic heterocycles. The van der Waals surface area contributed by atoms with E-state index in [4.69, 9.17) is 4.42 Å². The van der Waals surface area contributed by atoms with Gasteiger partial charge in [0, 0.05) is 35.9 Å². The Balaban J connectivity index is 1.44. The molecule has 5 nitrogen and oxygen atoms in total. The van der Waals surface area contributed by atoms with Gasteiger partial charge >= 0.3 is 0 Å². The van der Waals surface area contributed by atoms with Crippen molar-refractivity contribution in [2.75, 3.05) is 13.1 Å². The van der Waals surface area contributed by atoms with Crippen molar-refractivity contribution < 1.29 is 14.0 Å². The van der Waals surface area contributed by atoms with Crippen LogP contribution in [0.1, 0.15) is 49.8 Å². The van der Waals surface area contributed by atoms with E-state index in [1.165, 1.54) is 0 Å². The number of carbonyl (C=O) groups excluding carboxylic acids is 2. The minimum Gasteiger partial charge on any atom is -0.459 e. The van der Waals surface area contributed by atoms with Gasteiger partial charge in [0.05, 0.1) is 6.54 Å². The van der Waals surface area contributed by atoms with Crippen LogP contribution < -0.4 is 5.32 Å².